The average molecular weight is 431 g/mol. The molecular weight excluding hydrogens is 400 g/mol. The number of nitrogens with one attached hydrogen (secondary N) is 1. The fourth-order valence-corrected chi connectivity index (χ4v) is 4.36. The zero-order valence-corrected chi connectivity index (χ0v) is 18.5. The third kappa shape index (κ3) is 4.88. The summed E-state index contributed by atoms with van der Waals surface area (Å²) in [5.41, 5.74) is 10.1. The smallest absolute Gasteiger partial charge is 0.243 e. The molecule has 2 aromatic rings. The SMILES string of the molecule is CC(C)(C)C(N)C(=O)N1CCC[C@H]1C(=O)NCc1ccc(-c2scnc2CO)cc1. The first-order valence-electron chi connectivity index (χ1n) is 10.2. The van der Waals surface area contributed by atoms with E-state index in [1.54, 1.807) is 10.4 Å². The average Bonchev–Trinajstić information content (AvgIpc) is 3.40. The Bertz CT molecular complexity index is 889. The van der Waals surface area contributed by atoms with Gasteiger partial charge in [-0.1, -0.05) is 45.0 Å². The van der Waals surface area contributed by atoms with Gasteiger partial charge >= 0.3 is 0 Å². The van der Waals surface area contributed by atoms with E-state index in [2.05, 4.69) is 10.3 Å². The van der Waals surface area contributed by atoms with E-state index < -0.39 is 12.1 Å². The van der Waals surface area contributed by atoms with Gasteiger partial charge in [-0.05, 0) is 29.4 Å². The van der Waals surface area contributed by atoms with Crippen LogP contribution >= 0.6 is 11.3 Å². The Morgan fingerprint density at radius 2 is 2.03 bits per heavy atom. The number of nitrogens with two attached hydrogens (primary N) is 1. The lowest BCUT2D eigenvalue weighted by molar-refractivity contribution is -0.141. The minimum atomic E-state index is -0.631. The summed E-state index contributed by atoms with van der Waals surface area (Å²) < 4.78 is 0. The summed E-state index contributed by atoms with van der Waals surface area (Å²) in [6.07, 6.45) is 1.46. The maximum atomic E-state index is 12.8. The van der Waals surface area contributed by atoms with E-state index in [9.17, 15) is 14.7 Å². The highest BCUT2D eigenvalue weighted by Crippen LogP contribution is 2.28. The fourth-order valence-electron chi connectivity index (χ4n) is 3.55. The zero-order chi connectivity index (χ0) is 21.9. The Morgan fingerprint density at radius 3 is 2.67 bits per heavy atom. The van der Waals surface area contributed by atoms with Gasteiger partial charge in [0.15, 0.2) is 0 Å². The van der Waals surface area contributed by atoms with E-state index in [1.165, 1.54) is 11.3 Å². The number of nitrogens with zero attached hydrogens (tertiary/aromatic N) is 2. The molecule has 1 aliphatic rings. The molecule has 2 atom stereocenters. The summed E-state index contributed by atoms with van der Waals surface area (Å²) in [5, 5.41) is 12.3. The van der Waals surface area contributed by atoms with Gasteiger partial charge in [-0.25, -0.2) is 4.98 Å². The summed E-state index contributed by atoms with van der Waals surface area (Å²) in [6.45, 7) is 6.66. The highest BCUT2D eigenvalue weighted by molar-refractivity contribution is 7.13. The van der Waals surface area contributed by atoms with Crippen molar-refractivity contribution in [2.75, 3.05) is 6.54 Å². The van der Waals surface area contributed by atoms with Crippen LogP contribution in [0.25, 0.3) is 10.4 Å². The second-order valence-corrected chi connectivity index (χ2v) is 9.59. The van der Waals surface area contributed by atoms with Crippen LogP contribution in [0.1, 0.15) is 44.9 Å². The molecule has 1 aromatic heterocycles. The maximum absolute atomic E-state index is 12.8. The molecule has 1 fully saturated rings. The van der Waals surface area contributed by atoms with Crippen LogP contribution in [0.15, 0.2) is 29.8 Å². The molecule has 7 nitrogen and oxygen atoms in total. The van der Waals surface area contributed by atoms with Crippen LogP contribution in [-0.2, 0) is 22.7 Å². The molecule has 162 valence electrons. The van der Waals surface area contributed by atoms with Gasteiger partial charge in [0.25, 0.3) is 0 Å². The van der Waals surface area contributed by atoms with Crippen LogP contribution in [0.3, 0.4) is 0 Å². The van der Waals surface area contributed by atoms with Crippen molar-refractivity contribution < 1.29 is 14.7 Å². The number of carbonyl (C=O) groups is 2. The summed E-state index contributed by atoms with van der Waals surface area (Å²) in [7, 11) is 0. The molecule has 0 saturated carbocycles. The van der Waals surface area contributed by atoms with Crippen LogP contribution in [0, 0.1) is 5.41 Å². The fraction of sp³-hybridized carbons (Fsp3) is 0.500. The molecule has 0 aliphatic carbocycles. The molecule has 2 heterocycles. The van der Waals surface area contributed by atoms with Crippen molar-refractivity contribution in [2.45, 2.75) is 58.8 Å². The van der Waals surface area contributed by atoms with Gasteiger partial charge in [-0.3, -0.25) is 9.59 Å². The number of likely N-dealkylation sites (tertiary alicyclic amines) is 1. The number of carbonyl (C=O) groups excluding carboxylic acids is 2. The molecule has 1 aliphatic heterocycles. The Kier molecular flexibility index (Phi) is 6.90. The predicted octanol–water partition coefficient (Wildman–Crippen LogP) is 2.28. The number of amides is 2. The summed E-state index contributed by atoms with van der Waals surface area (Å²) in [4.78, 5) is 32.3. The van der Waals surface area contributed by atoms with Gasteiger partial charge in [-0.2, -0.15) is 0 Å². The molecular formula is C22H30N4O3S. The summed E-state index contributed by atoms with van der Waals surface area (Å²) in [5.74, 6) is -0.301. The Balaban J connectivity index is 1.60. The molecule has 0 spiro atoms. The van der Waals surface area contributed by atoms with Crippen molar-refractivity contribution >= 4 is 23.2 Å². The van der Waals surface area contributed by atoms with Gasteiger partial charge < -0.3 is 21.1 Å². The topological polar surface area (TPSA) is 109 Å². The largest absolute Gasteiger partial charge is 0.390 e. The van der Waals surface area contributed by atoms with Crippen molar-refractivity contribution in [1.82, 2.24) is 15.2 Å². The van der Waals surface area contributed by atoms with E-state index in [4.69, 9.17) is 5.73 Å². The molecule has 8 heteroatoms. The van der Waals surface area contributed by atoms with Gasteiger partial charge in [0, 0.05) is 13.1 Å². The second-order valence-electron chi connectivity index (χ2n) is 8.73. The van der Waals surface area contributed by atoms with Crippen LogP contribution in [-0.4, -0.2) is 45.4 Å². The van der Waals surface area contributed by atoms with Crippen LogP contribution < -0.4 is 11.1 Å². The van der Waals surface area contributed by atoms with Gasteiger partial charge in [-0.15, -0.1) is 11.3 Å². The molecule has 1 saturated heterocycles. The Labute approximate surface area is 181 Å². The molecule has 30 heavy (non-hydrogen) atoms. The van der Waals surface area contributed by atoms with E-state index in [1.807, 2.05) is 45.0 Å². The molecule has 1 unspecified atom stereocenters. The monoisotopic (exact) mass is 430 g/mol. The molecule has 1 aromatic carbocycles. The van der Waals surface area contributed by atoms with Crippen molar-refractivity contribution in [3.05, 3.63) is 41.0 Å². The molecule has 0 bridgehead atoms. The van der Waals surface area contributed by atoms with E-state index >= 15 is 0 Å². The van der Waals surface area contributed by atoms with Crippen molar-refractivity contribution in [3.8, 4) is 10.4 Å². The van der Waals surface area contributed by atoms with E-state index in [0.717, 1.165) is 22.4 Å². The van der Waals surface area contributed by atoms with E-state index in [-0.39, 0.29) is 23.8 Å². The Morgan fingerprint density at radius 1 is 1.33 bits per heavy atom. The maximum Gasteiger partial charge on any atom is 0.243 e. The number of hydrogen-bond donors (Lipinski definition) is 3. The third-order valence-corrected chi connectivity index (χ3v) is 6.43. The quantitative estimate of drug-likeness (QED) is 0.652. The van der Waals surface area contributed by atoms with E-state index in [0.29, 0.717) is 25.2 Å². The zero-order valence-electron chi connectivity index (χ0n) is 17.7. The van der Waals surface area contributed by atoms with Crippen molar-refractivity contribution in [1.29, 1.82) is 0 Å². The number of rotatable bonds is 6. The first-order chi connectivity index (χ1) is 14.2. The lowest BCUT2D eigenvalue weighted by atomic mass is 9.86. The number of aliphatic hydroxyl groups is 1. The molecule has 4 N–H and O–H groups in total. The second kappa shape index (κ2) is 9.24. The molecule has 2 amide bonds. The van der Waals surface area contributed by atoms with Crippen molar-refractivity contribution in [3.63, 3.8) is 0 Å². The summed E-state index contributed by atoms with van der Waals surface area (Å²) in [6, 6.07) is 6.72. The first kappa shape index (κ1) is 22.4. The number of aliphatic hydroxyl groups excluding tert-OH is 1. The predicted molar refractivity (Wildman–Crippen MR) is 117 cm³/mol. The van der Waals surface area contributed by atoms with Gasteiger partial charge in [0.1, 0.15) is 6.04 Å². The number of hydrogen-bond acceptors (Lipinski definition) is 6. The minimum absolute atomic E-state index is 0.0911. The molecule has 0 radical (unpaired) electrons. The van der Waals surface area contributed by atoms with Crippen molar-refractivity contribution in [2.24, 2.45) is 11.1 Å². The van der Waals surface area contributed by atoms with Crippen LogP contribution in [0.5, 0.6) is 0 Å². The lowest BCUT2D eigenvalue weighted by Crippen LogP contribution is -2.54. The first-order valence-corrected chi connectivity index (χ1v) is 11.1. The number of aromatic nitrogens is 1. The highest BCUT2D eigenvalue weighted by atomic mass is 32.1. The highest BCUT2D eigenvalue weighted by Gasteiger charge is 2.39. The van der Waals surface area contributed by atoms with Gasteiger partial charge in [0.05, 0.1) is 28.7 Å². The number of thiazole rings is 1. The lowest BCUT2D eigenvalue weighted by Gasteiger charge is -2.32. The molecule has 3 rings (SSSR count). The standard InChI is InChI=1S/C22H30N4O3S/c1-22(2,3)19(23)21(29)26-10-4-5-17(26)20(28)24-11-14-6-8-15(9-7-14)18-16(12-27)25-13-30-18/h6-9,13,17,19,27H,4-5,10-12,23H2,1-3H3,(H,24,28)/t17-,19?/m0/s1. The normalized spacial score (nSPS) is 17.8. The number of benzene rings is 1. The van der Waals surface area contributed by atoms with Gasteiger partial charge in [0.2, 0.25) is 11.8 Å². The summed E-state index contributed by atoms with van der Waals surface area (Å²) >= 11 is 1.49. The Hall–Kier alpha value is -2.29. The van der Waals surface area contributed by atoms with Crippen LogP contribution in [0.4, 0.5) is 0 Å². The third-order valence-electron chi connectivity index (χ3n) is 5.51. The minimum Gasteiger partial charge on any atom is -0.390 e. The van der Waals surface area contributed by atoms with Crippen LogP contribution in [0.2, 0.25) is 0 Å².